The van der Waals surface area contributed by atoms with Gasteiger partial charge in [0.05, 0.1) is 7.11 Å². The van der Waals surface area contributed by atoms with Crippen LogP contribution in [0.2, 0.25) is 0 Å². The highest BCUT2D eigenvalue weighted by molar-refractivity contribution is 5.90. The summed E-state index contributed by atoms with van der Waals surface area (Å²) in [5.41, 5.74) is 3.02. The van der Waals surface area contributed by atoms with Gasteiger partial charge in [-0.25, -0.2) is 14.8 Å². The summed E-state index contributed by atoms with van der Waals surface area (Å²) >= 11 is 0. The third-order valence-electron chi connectivity index (χ3n) is 7.47. The number of nitrogens with one attached hydrogen (secondary N) is 1. The molecule has 4 bridgehead atoms. The van der Waals surface area contributed by atoms with Crippen molar-refractivity contribution in [3.05, 3.63) is 52.7 Å². The second-order valence-corrected chi connectivity index (χ2v) is 11.1. The maximum atomic E-state index is 13.0. The van der Waals surface area contributed by atoms with Crippen LogP contribution in [0.1, 0.15) is 80.8 Å². The lowest BCUT2D eigenvalue weighted by atomic mass is 9.79. The molecule has 2 aromatic rings. The van der Waals surface area contributed by atoms with E-state index in [0.29, 0.717) is 30.3 Å². The van der Waals surface area contributed by atoms with E-state index in [1.54, 1.807) is 0 Å². The number of hydrogen-bond acceptors (Lipinski definition) is 8. The molecule has 1 aromatic heterocycles. The molecule has 0 fully saturated rings. The lowest BCUT2D eigenvalue weighted by Crippen LogP contribution is -2.51. The summed E-state index contributed by atoms with van der Waals surface area (Å²) in [6.07, 6.45) is 3.61. The van der Waals surface area contributed by atoms with E-state index in [9.17, 15) is 9.59 Å². The molecular weight excluding hydrogens is 462 g/mol. The molecule has 2 unspecified atom stereocenters. The van der Waals surface area contributed by atoms with Crippen molar-refractivity contribution in [1.29, 1.82) is 0 Å². The third kappa shape index (κ3) is 4.35. The van der Waals surface area contributed by atoms with Crippen molar-refractivity contribution in [3.63, 3.8) is 0 Å². The number of hydrogen-bond donors (Lipinski definition) is 1. The zero-order valence-electron chi connectivity index (χ0n) is 21.4. The van der Waals surface area contributed by atoms with Gasteiger partial charge in [-0.05, 0) is 48.3 Å². The molecule has 5 rings (SSSR count). The molecule has 1 aromatic carbocycles. The number of benzene rings is 1. The first-order valence-corrected chi connectivity index (χ1v) is 12.4. The Morgan fingerprint density at radius 2 is 2.06 bits per heavy atom. The van der Waals surface area contributed by atoms with Crippen molar-refractivity contribution in [3.8, 4) is 0 Å². The van der Waals surface area contributed by atoms with Gasteiger partial charge in [0.25, 0.3) is 0 Å². The quantitative estimate of drug-likeness (QED) is 0.628. The van der Waals surface area contributed by atoms with Crippen LogP contribution in [0.15, 0.2) is 33.9 Å². The minimum absolute atomic E-state index is 0.0395. The van der Waals surface area contributed by atoms with E-state index in [0.717, 1.165) is 18.4 Å². The Balaban J connectivity index is 1.58. The second kappa shape index (κ2) is 8.94. The van der Waals surface area contributed by atoms with Crippen LogP contribution in [0, 0.1) is 5.41 Å². The molecule has 1 amide bonds. The summed E-state index contributed by atoms with van der Waals surface area (Å²) in [5.74, 6) is 0.895. The van der Waals surface area contributed by atoms with Crippen LogP contribution in [0.5, 0.6) is 0 Å². The minimum atomic E-state index is -0.790. The predicted molar refractivity (Wildman–Crippen MR) is 131 cm³/mol. The van der Waals surface area contributed by atoms with Gasteiger partial charge in [0.15, 0.2) is 6.04 Å². The summed E-state index contributed by atoms with van der Waals surface area (Å²) in [7, 11) is 1.25. The second-order valence-electron chi connectivity index (χ2n) is 11.1. The molecule has 2 aliphatic heterocycles. The van der Waals surface area contributed by atoms with Crippen LogP contribution >= 0.6 is 0 Å². The molecule has 3 aliphatic rings. The molecule has 9 nitrogen and oxygen atoms in total. The first-order valence-electron chi connectivity index (χ1n) is 12.4. The van der Waals surface area contributed by atoms with Gasteiger partial charge in [-0.15, -0.1) is 0 Å². The zero-order chi connectivity index (χ0) is 25.7. The van der Waals surface area contributed by atoms with Gasteiger partial charge < -0.3 is 23.9 Å². The molecule has 36 heavy (non-hydrogen) atoms. The van der Waals surface area contributed by atoms with Crippen molar-refractivity contribution in [2.75, 3.05) is 7.11 Å². The fourth-order valence-electron chi connectivity index (χ4n) is 5.51. The van der Waals surface area contributed by atoms with E-state index in [-0.39, 0.29) is 23.8 Å². The molecule has 4 atom stereocenters. The number of rotatable bonds is 3. The lowest BCUT2D eigenvalue weighted by Gasteiger charge is -2.37. The van der Waals surface area contributed by atoms with Crippen LogP contribution in [-0.2, 0) is 38.5 Å². The number of oxazole rings is 1. The highest BCUT2D eigenvalue weighted by Gasteiger charge is 2.55. The summed E-state index contributed by atoms with van der Waals surface area (Å²) in [6, 6.07) is 5.57. The van der Waals surface area contributed by atoms with Gasteiger partial charge in [-0.2, -0.15) is 0 Å². The number of carbonyl (C=O) groups is 2. The Bertz CT molecular complexity index is 1210. The molecule has 0 saturated heterocycles. The molecule has 3 heterocycles. The standard InChI is InChI=1S/C27H33N3O6/c1-26(2,3)21-24-30-22(23-28-17(13-34-23)14-35-25(32)33-5)27(4,36-24)19-10-9-16-8-6-15(12-18(16)19)7-11-20(31)29-21/h6,8,12-13,19,21-22H,7,9-11,14H2,1-5H3,(H,29,31)/t19-,21+,22?,27?/m0/s1. The van der Waals surface area contributed by atoms with E-state index >= 15 is 0 Å². The van der Waals surface area contributed by atoms with Crippen LogP contribution in [-0.4, -0.2) is 41.7 Å². The first-order chi connectivity index (χ1) is 17.1. The average Bonchev–Trinajstić information content (AvgIpc) is 3.55. The number of methoxy groups -OCH3 is 1. The summed E-state index contributed by atoms with van der Waals surface area (Å²) in [6.45, 7) is 8.16. The van der Waals surface area contributed by atoms with Crippen molar-refractivity contribution in [2.45, 2.75) is 83.6 Å². The number of aliphatic imine (C=N–C) groups is 1. The van der Waals surface area contributed by atoms with Gasteiger partial charge in [0.1, 0.15) is 30.2 Å². The van der Waals surface area contributed by atoms with E-state index in [1.165, 1.54) is 24.5 Å². The SMILES string of the molecule is COC(=O)OCc1coc(C2N=C3OC2(C)[C@H]2CCc4ccc(cc42)CCC(=O)N[C@H]3C(C)(C)C)n1. The topological polar surface area (TPSA) is 112 Å². The van der Waals surface area contributed by atoms with Crippen molar-refractivity contribution in [1.82, 2.24) is 10.3 Å². The number of aryl methyl sites for hydroxylation is 2. The highest BCUT2D eigenvalue weighted by atomic mass is 16.7. The van der Waals surface area contributed by atoms with Crippen LogP contribution < -0.4 is 5.32 Å². The average molecular weight is 496 g/mol. The minimum Gasteiger partial charge on any atom is -0.470 e. The molecule has 1 N–H and O–H groups in total. The molecule has 9 heteroatoms. The summed E-state index contributed by atoms with van der Waals surface area (Å²) in [4.78, 5) is 34.0. The Kier molecular flexibility index (Phi) is 6.04. The Morgan fingerprint density at radius 1 is 1.25 bits per heavy atom. The monoisotopic (exact) mass is 495 g/mol. The van der Waals surface area contributed by atoms with Gasteiger partial charge >= 0.3 is 6.16 Å². The van der Waals surface area contributed by atoms with E-state index in [2.05, 4.69) is 60.9 Å². The first kappa shape index (κ1) is 24.3. The zero-order valence-corrected chi connectivity index (χ0v) is 21.4. The molecule has 0 radical (unpaired) electrons. The van der Waals surface area contributed by atoms with E-state index < -0.39 is 23.8 Å². The van der Waals surface area contributed by atoms with E-state index in [1.807, 2.05) is 0 Å². The predicted octanol–water partition coefficient (Wildman–Crippen LogP) is 4.39. The Morgan fingerprint density at radius 3 is 2.81 bits per heavy atom. The number of fused-ring (bicyclic) bond motifs is 4. The van der Waals surface area contributed by atoms with Gasteiger partial charge in [0.2, 0.25) is 17.7 Å². The molecule has 0 saturated carbocycles. The fraction of sp³-hybridized carbons (Fsp3) is 0.556. The molecule has 192 valence electrons. The summed E-state index contributed by atoms with van der Waals surface area (Å²) in [5, 5.41) is 3.17. The van der Waals surface area contributed by atoms with Crippen molar-refractivity contribution >= 4 is 18.0 Å². The van der Waals surface area contributed by atoms with Crippen molar-refractivity contribution in [2.24, 2.45) is 10.4 Å². The molecular formula is C27H33N3O6. The molecule has 1 aliphatic carbocycles. The largest absolute Gasteiger partial charge is 0.508 e. The number of carbonyl (C=O) groups excluding carboxylic acids is 2. The van der Waals surface area contributed by atoms with Gasteiger partial charge in [0, 0.05) is 12.3 Å². The normalized spacial score (nSPS) is 27.3. The number of nitrogens with zero attached hydrogens (tertiary/aromatic N) is 2. The summed E-state index contributed by atoms with van der Waals surface area (Å²) < 4.78 is 22.2. The van der Waals surface area contributed by atoms with Crippen LogP contribution in [0.3, 0.4) is 0 Å². The maximum Gasteiger partial charge on any atom is 0.508 e. The Hall–Kier alpha value is -3.36. The van der Waals surface area contributed by atoms with E-state index in [4.69, 9.17) is 18.9 Å². The van der Waals surface area contributed by atoms with Gasteiger partial charge in [-0.3, -0.25) is 4.79 Å². The number of amides is 1. The van der Waals surface area contributed by atoms with Crippen molar-refractivity contribution < 1.29 is 28.2 Å². The number of ether oxygens (including phenoxy) is 3. The number of aromatic nitrogens is 1. The maximum absolute atomic E-state index is 13.0. The fourth-order valence-corrected chi connectivity index (χ4v) is 5.51. The third-order valence-corrected chi connectivity index (χ3v) is 7.47. The lowest BCUT2D eigenvalue weighted by molar-refractivity contribution is -0.122. The Labute approximate surface area is 210 Å². The van der Waals surface area contributed by atoms with Crippen LogP contribution in [0.25, 0.3) is 0 Å². The smallest absolute Gasteiger partial charge is 0.470 e. The highest BCUT2D eigenvalue weighted by Crippen LogP contribution is 2.52. The van der Waals surface area contributed by atoms with Gasteiger partial charge in [-0.1, -0.05) is 39.0 Å². The van der Waals surface area contributed by atoms with Crippen LogP contribution in [0.4, 0.5) is 4.79 Å². The molecule has 0 spiro atoms.